The smallest absolute Gasteiger partial charge is 0.394 e. The van der Waals surface area contributed by atoms with E-state index in [0.717, 1.165) is 19.9 Å². The molecule has 1 aromatic carbocycles. The highest BCUT2D eigenvalue weighted by molar-refractivity contribution is 9.10. The number of rotatable bonds is 2. The lowest BCUT2D eigenvalue weighted by atomic mass is 9.78. The van der Waals surface area contributed by atoms with Crippen molar-refractivity contribution in [3.8, 4) is 5.75 Å². The molecule has 1 unspecified atom stereocenters. The van der Waals surface area contributed by atoms with Gasteiger partial charge in [0.25, 0.3) is 0 Å². The summed E-state index contributed by atoms with van der Waals surface area (Å²) in [7, 11) is 0. The number of Topliss-reactive ketones (excluding diaryl/α,β-unsaturated/α-hetero) is 1. The average Bonchev–Trinajstić information content (AvgIpc) is 2.34. The molecule has 0 fully saturated rings. The average molecular weight is 369 g/mol. The van der Waals surface area contributed by atoms with Crippen molar-refractivity contribution < 1.29 is 27.1 Å². The van der Waals surface area contributed by atoms with Crippen LogP contribution in [0, 0.1) is 17.2 Å². The van der Waals surface area contributed by atoms with Crippen LogP contribution in [0.1, 0.15) is 30.6 Å². The van der Waals surface area contributed by atoms with Gasteiger partial charge in [-0.2, -0.15) is 13.2 Å². The molecule has 1 atom stereocenters. The van der Waals surface area contributed by atoms with E-state index >= 15 is 0 Å². The van der Waals surface area contributed by atoms with Crippen LogP contribution in [0.3, 0.4) is 0 Å². The standard InChI is InChI=1S/C14H13BrF4O2/c1-13(2,14(17,18)19)5-7-6-21-11-4-10(16)9(15)3-8(11)12(7)20/h3-4,7H,5-6H2,1-2H3. The molecule has 0 amide bonds. The molecular weight excluding hydrogens is 356 g/mol. The van der Waals surface area contributed by atoms with Crippen LogP contribution < -0.4 is 4.74 Å². The Morgan fingerprint density at radius 3 is 2.52 bits per heavy atom. The Labute approximate surface area is 127 Å². The van der Waals surface area contributed by atoms with E-state index in [0.29, 0.717) is 0 Å². The first-order valence-electron chi connectivity index (χ1n) is 6.26. The summed E-state index contributed by atoms with van der Waals surface area (Å²) in [6, 6.07) is 2.31. The molecular formula is C14H13BrF4O2. The first kappa shape index (κ1) is 16.3. The second kappa shape index (κ2) is 5.26. The minimum atomic E-state index is -4.41. The summed E-state index contributed by atoms with van der Waals surface area (Å²) in [5, 5.41) is 0. The Bertz CT molecular complexity index is 581. The number of carbonyl (C=O) groups excluding carboxylic acids is 1. The molecule has 1 aromatic rings. The zero-order chi connectivity index (χ0) is 16.0. The normalized spacial score (nSPS) is 19.2. The maximum atomic E-state index is 13.4. The maximum absolute atomic E-state index is 13.4. The number of fused-ring (bicyclic) bond motifs is 1. The highest BCUT2D eigenvalue weighted by atomic mass is 79.9. The molecule has 0 spiro atoms. The highest BCUT2D eigenvalue weighted by Gasteiger charge is 2.49. The molecule has 0 saturated heterocycles. The fourth-order valence-electron chi connectivity index (χ4n) is 2.21. The van der Waals surface area contributed by atoms with E-state index in [-0.39, 0.29) is 28.8 Å². The molecule has 21 heavy (non-hydrogen) atoms. The van der Waals surface area contributed by atoms with E-state index < -0.39 is 29.1 Å². The number of ketones is 1. The minimum absolute atomic E-state index is 0.0711. The summed E-state index contributed by atoms with van der Waals surface area (Å²) in [5.41, 5.74) is -1.89. The van der Waals surface area contributed by atoms with E-state index in [1.165, 1.54) is 6.07 Å². The predicted octanol–water partition coefficient (Wildman–Crippen LogP) is 4.76. The minimum Gasteiger partial charge on any atom is -0.492 e. The van der Waals surface area contributed by atoms with Crippen LogP contribution >= 0.6 is 15.9 Å². The molecule has 0 aliphatic carbocycles. The van der Waals surface area contributed by atoms with Gasteiger partial charge in [0, 0.05) is 6.07 Å². The lowest BCUT2D eigenvalue weighted by Crippen LogP contribution is -2.39. The van der Waals surface area contributed by atoms with Gasteiger partial charge in [0.05, 0.1) is 28.0 Å². The Hall–Kier alpha value is -1.11. The summed E-state index contributed by atoms with van der Waals surface area (Å²) in [4.78, 5) is 12.3. The van der Waals surface area contributed by atoms with Gasteiger partial charge in [0.2, 0.25) is 0 Å². The summed E-state index contributed by atoms with van der Waals surface area (Å²) >= 11 is 2.95. The van der Waals surface area contributed by atoms with Crippen LogP contribution in [0.15, 0.2) is 16.6 Å². The lowest BCUT2D eigenvalue weighted by Gasteiger charge is -2.33. The Balaban J connectivity index is 2.27. The van der Waals surface area contributed by atoms with Crippen molar-refractivity contribution in [1.82, 2.24) is 0 Å². The number of carbonyl (C=O) groups is 1. The molecule has 0 aromatic heterocycles. The second-order valence-electron chi connectivity index (χ2n) is 5.72. The molecule has 1 aliphatic heterocycles. The van der Waals surface area contributed by atoms with Gasteiger partial charge in [-0.25, -0.2) is 4.39 Å². The van der Waals surface area contributed by atoms with Gasteiger partial charge in [0.1, 0.15) is 11.6 Å². The number of halogens is 5. The third-order valence-electron chi connectivity index (χ3n) is 3.62. The van der Waals surface area contributed by atoms with Crippen LogP contribution in [-0.4, -0.2) is 18.6 Å². The van der Waals surface area contributed by atoms with Crippen LogP contribution in [0.2, 0.25) is 0 Å². The molecule has 0 saturated carbocycles. The van der Waals surface area contributed by atoms with Crippen molar-refractivity contribution in [3.05, 3.63) is 28.0 Å². The van der Waals surface area contributed by atoms with Crippen molar-refractivity contribution >= 4 is 21.7 Å². The van der Waals surface area contributed by atoms with E-state index in [2.05, 4.69) is 15.9 Å². The van der Waals surface area contributed by atoms with Gasteiger partial charge in [-0.15, -0.1) is 0 Å². The van der Waals surface area contributed by atoms with Gasteiger partial charge in [-0.05, 0) is 28.4 Å². The second-order valence-corrected chi connectivity index (χ2v) is 6.57. The van der Waals surface area contributed by atoms with Crippen LogP contribution in [0.25, 0.3) is 0 Å². The van der Waals surface area contributed by atoms with Crippen molar-refractivity contribution in [2.24, 2.45) is 11.3 Å². The van der Waals surface area contributed by atoms with E-state index in [1.807, 2.05) is 0 Å². The van der Waals surface area contributed by atoms with Crippen molar-refractivity contribution in [3.63, 3.8) is 0 Å². The van der Waals surface area contributed by atoms with Gasteiger partial charge in [-0.3, -0.25) is 4.79 Å². The number of ether oxygens (including phenoxy) is 1. The summed E-state index contributed by atoms with van der Waals surface area (Å²) in [5.74, 6) is -1.86. The molecule has 1 aliphatic rings. The molecule has 7 heteroatoms. The SMILES string of the molecule is CC(C)(CC1COc2cc(F)c(Br)cc2C1=O)C(F)(F)F. The third-order valence-corrected chi connectivity index (χ3v) is 4.23. The summed E-state index contributed by atoms with van der Waals surface area (Å²) < 4.78 is 57.5. The lowest BCUT2D eigenvalue weighted by molar-refractivity contribution is -0.216. The fourth-order valence-corrected chi connectivity index (χ4v) is 2.55. The highest BCUT2D eigenvalue weighted by Crippen LogP contribution is 2.44. The van der Waals surface area contributed by atoms with Crippen molar-refractivity contribution in [2.45, 2.75) is 26.4 Å². The van der Waals surface area contributed by atoms with Gasteiger partial charge >= 0.3 is 6.18 Å². The predicted molar refractivity (Wildman–Crippen MR) is 71.9 cm³/mol. The number of alkyl halides is 3. The fraction of sp³-hybridized carbons (Fsp3) is 0.500. The van der Waals surface area contributed by atoms with E-state index in [9.17, 15) is 22.4 Å². The number of hydrogen-bond donors (Lipinski definition) is 0. The first-order chi connectivity index (χ1) is 9.53. The van der Waals surface area contributed by atoms with Crippen molar-refractivity contribution in [1.29, 1.82) is 0 Å². The summed E-state index contributed by atoms with van der Waals surface area (Å²) in [6.07, 6.45) is -4.78. The van der Waals surface area contributed by atoms with Gasteiger partial charge in [0.15, 0.2) is 5.78 Å². The zero-order valence-electron chi connectivity index (χ0n) is 11.4. The maximum Gasteiger partial charge on any atom is 0.394 e. The van der Waals surface area contributed by atoms with Gasteiger partial charge < -0.3 is 4.74 Å². The molecule has 2 rings (SSSR count). The molecule has 116 valence electrons. The molecule has 1 heterocycles. The Morgan fingerprint density at radius 1 is 1.33 bits per heavy atom. The molecule has 0 bridgehead atoms. The Morgan fingerprint density at radius 2 is 1.95 bits per heavy atom. The molecule has 0 radical (unpaired) electrons. The monoisotopic (exact) mass is 368 g/mol. The molecule has 2 nitrogen and oxygen atoms in total. The van der Waals surface area contributed by atoms with E-state index in [1.54, 1.807) is 0 Å². The molecule has 0 N–H and O–H groups in total. The third kappa shape index (κ3) is 3.07. The van der Waals surface area contributed by atoms with Crippen LogP contribution in [-0.2, 0) is 0 Å². The first-order valence-corrected chi connectivity index (χ1v) is 7.05. The summed E-state index contributed by atoms with van der Waals surface area (Å²) in [6.45, 7) is 1.93. The van der Waals surface area contributed by atoms with Crippen LogP contribution in [0.4, 0.5) is 17.6 Å². The van der Waals surface area contributed by atoms with Crippen LogP contribution in [0.5, 0.6) is 5.75 Å². The number of benzene rings is 1. The Kier molecular flexibility index (Phi) is 4.08. The topological polar surface area (TPSA) is 26.3 Å². The van der Waals surface area contributed by atoms with Gasteiger partial charge in [-0.1, -0.05) is 13.8 Å². The van der Waals surface area contributed by atoms with Crippen molar-refractivity contribution in [2.75, 3.05) is 6.61 Å². The quantitative estimate of drug-likeness (QED) is 0.703. The zero-order valence-corrected chi connectivity index (χ0v) is 12.9. The van der Waals surface area contributed by atoms with E-state index in [4.69, 9.17) is 4.74 Å². The largest absolute Gasteiger partial charge is 0.492 e. The number of hydrogen-bond acceptors (Lipinski definition) is 2.